The molecule has 2 N–H and O–H groups in total. The van der Waals surface area contributed by atoms with Crippen molar-refractivity contribution in [2.45, 2.75) is 25.8 Å². The van der Waals surface area contributed by atoms with Crippen LogP contribution in [-0.4, -0.2) is 35.2 Å². The van der Waals surface area contributed by atoms with Gasteiger partial charge in [-0.3, -0.25) is 9.59 Å². The van der Waals surface area contributed by atoms with E-state index in [2.05, 4.69) is 15.5 Å². The molecular weight excluding hydrogens is 336 g/mol. The van der Waals surface area contributed by atoms with E-state index in [1.165, 1.54) is 11.3 Å². The third-order valence-corrected chi connectivity index (χ3v) is 5.28. The maximum Gasteiger partial charge on any atom is 0.285 e. The number of piperidine rings is 1. The van der Waals surface area contributed by atoms with Gasteiger partial charge in [-0.2, -0.15) is 5.10 Å². The highest BCUT2D eigenvalue weighted by Crippen LogP contribution is 2.24. The number of thiophene rings is 1. The lowest BCUT2D eigenvalue weighted by Gasteiger charge is -2.33. The Hall–Kier alpha value is -1.86. The lowest BCUT2D eigenvalue weighted by Crippen LogP contribution is -2.45. The first-order valence-electron chi connectivity index (χ1n) is 7.40. The van der Waals surface area contributed by atoms with Gasteiger partial charge < -0.3 is 10.2 Å². The summed E-state index contributed by atoms with van der Waals surface area (Å²) < 4.78 is 0. The first-order chi connectivity index (χ1) is 11.0. The molecule has 0 radical (unpaired) electrons. The molecule has 122 valence electrons. The SMILES string of the molecule is Cc1ccc(C(=O)NC2CCN(c3cn[nH]c(=O)c3Cl)CC2)s1. The number of aromatic amines is 1. The Morgan fingerprint density at radius 3 is 2.83 bits per heavy atom. The molecule has 23 heavy (non-hydrogen) atoms. The lowest BCUT2D eigenvalue weighted by molar-refractivity contribution is 0.0935. The summed E-state index contributed by atoms with van der Waals surface area (Å²) in [6, 6.07) is 3.94. The Balaban J connectivity index is 1.59. The monoisotopic (exact) mass is 352 g/mol. The number of carbonyl (C=O) groups excluding carboxylic acids is 1. The van der Waals surface area contributed by atoms with Crippen molar-refractivity contribution in [3.8, 4) is 0 Å². The Morgan fingerprint density at radius 2 is 2.17 bits per heavy atom. The van der Waals surface area contributed by atoms with E-state index >= 15 is 0 Å². The Labute approximate surface area is 142 Å². The van der Waals surface area contributed by atoms with Crippen LogP contribution in [0.3, 0.4) is 0 Å². The van der Waals surface area contributed by atoms with Gasteiger partial charge in [-0.15, -0.1) is 11.3 Å². The van der Waals surface area contributed by atoms with Gasteiger partial charge in [0.1, 0.15) is 5.02 Å². The van der Waals surface area contributed by atoms with E-state index in [9.17, 15) is 9.59 Å². The molecule has 1 amide bonds. The maximum absolute atomic E-state index is 12.2. The predicted octanol–water partition coefficient (Wildman–Crippen LogP) is 2.19. The normalized spacial score (nSPS) is 15.7. The van der Waals surface area contributed by atoms with Crippen LogP contribution in [0.15, 0.2) is 23.1 Å². The summed E-state index contributed by atoms with van der Waals surface area (Å²) in [4.78, 5) is 27.6. The standard InChI is InChI=1S/C15H17ClN4O2S/c1-9-2-3-12(23-9)14(21)18-10-4-6-20(7-5-10)11-8-17-19-15(22)13(11)16/h2-3,8,10H,4-7H2,1H3,(H,18,21)(H,19,22). The number of hydrogen-bond donors (Lipinski definition) is 2. The van der Waals surface area contributed by atoms with E-state index < -0.39 is 0 Å². The minimum atomic E-state index is -0.382. The summed E-state index contributed by atoms with van der Waals surface area (Å²) in [5, 5.41) is 9.35. The highest BCUT2D eigenvalue weighted by atomic mass is 35.5. The fraction of sp³-hybridized carbons (Fsp3) is 0.400. The number of hydrogen-bond acceptors (Lipinski definition) is 5. The molecule has 0 saturated carbocycles. The number of nitrogens with zero attached hydrogens (tertiary/aromatic N) is 2. The van der Waals surface area contributed by atoms with Gasteiger partial charge >= 0.3 is 0 Å². The topological polar surface area (TPSA) is 78.1 Å². The van der Waals surface area contributed by atoms with Gasteiger partial charge in [0.15, 0.2) is 0 Å². The fourth-order valence-corrected chi connectivity index (χ4v) is 3.65. The molecular formula is C15H17ClN4O2S. The van der Waals surface area contributed by atoms with Gasteiger partial charge in [0.05, 0.1) is 16.8 Å². The number of carbonyl (C=O) groups is 1. The molecule has 3 heterocycles. The van der Waals surface area contributed by atoms with Crippen molar-refractivity contribution >= 4 is 34.5 Å². The predicted molar refractivity (Wildman–Crippen MR) is 91.6 cm³/mol. The van der Waals surface area contributed by atoms with Crippen molar-refractivity contribution in [1.29, 1.82) is 0 Å². The molecule has 0 spiro atoms. The van der Waals surface area contributed by atoms with E-state index in [1.807, 2.05) is 24.0 Å². The Kier molecular flexibility index (Phi) is 4.68. The minimum Gasteiger partial charge on any atom is -0.369 e. The van der Waals surface area contributed by atoms with Crippen molar-refractivity contribution in [2.75, 3.05) is 18.0 Å². The second kappa shape index (κ2) is 6.72. The van der Waals surface area contributed by atoms with E-state index in [0.29, 0.717) is 5.69 Å². The number of H-pyrrole nitrogens is 1. The highest BCUT2D eigenvalue weighted by Gasteiger charge is 2.23. The first kappa shape index (κ1) is 16.0. The average molecular weight is 353 g/mol. The third kappa shape index (κ3) is 3.56. The first-order valence-corrected chi connectivity index (χ1v) is 8.59. The number of aromatic nitrogens is 2. The molecule has 0 bridgehead atoms. The summed E-state index contributed by atoms with van der Waals surface area (Å²) in [5.41, 5.74) is 0.265. The van der Waals surface area contributed by atoms with Crippen molar-refractivity contribution < 1.29 is 4.79 Å². The number of rotatable bonds is 3. The van der Waals surface area contributed by atoms with Crippen molar-refractivity contribution in [2.24, 2.45) is 0 Å². The maximum atomic E-state index is 12.2. The van der Waals surface area contributed by atoms with Crippen molar-refractivity contribution in [3.05, 3.63) is 43.5 Å². The number of halogens is 1. The molecule has 2 aromatic heterocycles. The molecule has 0 aromatic carbocycles. The molecule has 1 aliphatic rings. The summed E-state index contributed by atoms with van der Waals surface area (Å²) in [5.74, 6) is -0.0163. The van der Waals surface area contributed by atoms with Gasteiger partial charge in [-0.05, 0) is 31.9 Å². The highest BCUT2D eigenvalue weighted by molar-refractivity contribution is 7.13. The van der Waals surface area contributed by atoms with Crippen LogP contribution in [-0.2, 0) is 0 Å². The number of amides is 1. The van der Waals surface area contributed by atoms with Crippen LogP contribution in [0.1, 0.15) is 27.4 Å². The second-order valence-electron chi connectivity index (χ2n) is 5.54. The molecule has 6 nitrogen and oxygen atoms in total. The van der Waals surface area contributed by atoms with Gasteiger partial charge in [0, 0.05) is 24.0 Å². The lowest BCUT2D eigenvalue weighted by atomic mass is 10.0. The van der Waals surface area contributed by atoms with Crippen LogP contribution in [0.2, 0.25) is 5.02 Å². The molecule has 1 fully saturated rings. The summed E-state index contributed by atoms with van der Waals surface area (Å²) in [7, 11) is 0. The van der Waals surface area contributed by atoms with E-state index in [-0.39, 0.29) is 22.5 Å². The number of nitrogens with one attached hydrogen (secondary N) is 2. The molecule has 8 heteroatoms. The zero-order valence-corrected chi connectivity index (χ0v) is 14.2. The second-order valence-corrected chi connectivity index (χ2v) is 7.21. The minimum absolute atomic E-state index is 0.0163. The van der Waals surface area contributed by atoms with Gasteiger partial charge in [0.2, 0.25) is 0 Å². The average Bonchev–Trinajstić information content (AvgIpc) is 2.98. The van der Waals surface area contributed by atoms with Crippen LogP contribution < -0.4 is 15.8 Å². The van der Waals surface area contributed by atoms with E-state index in [0.717, 1.165) is 35.7 Å². The van der Waals surface area contributed by atoms with Crippen LogP contribution in [0.25, 0.3) is 0 Å². The molecule has 0 unspecified atom stereocenters. The Bertz CT molecular complexity index is 765. The zero-order chi connectivity index (χ0) is 16.4. The van der Waals surface area contributed by atoms with E-state index in [4.69, 9.17) is 11.6 Å². The molecule has 0 aliphatic carbocycles. The van der Waals surface area contributed by atoms with Gasteiger partial charge in [0.25, 0.3) is 11.5 Å². The number of aryl methyl sites for hydroxylation is 1. The molecule has 3 rings (SSSR count). The van der Waals surface area contributed by atoms with Gasteiger partial charge in [-0.25, -0.2) is 5.10 Å². The van der Waals surface area contributed by atoms with Crippen LogP contribution >= 0.6 is 22.9 Å². The molecule has 1 saturated heterocycles. The van der Waals surface area contributed by atoms with Gasteiger partial charge in [-0.1, -0.05) is 11.6 Å². The van der Waals surface area contributed by atoms with Crippen molar-refractivity contribution in [1.82, 2.24) is 15.5 Å². The molecule has 0 atom stereocenters. The fourth-order valence-electron chi connectivity index (χ4n) is 2.67. The zero-order valence-electron chi connectivity index (χ0n) is 12.6. The molecule has 2 aromatic rings. The van der Waals surface area contributed by atoms with Crippen LogP contribution in [0.4, 0.5) is 5.69 Å². The number of anilines is 1. The van der Waals surface area contributed by atoms with Crippen molar-refractivity contribution in [3.63, 3.8) is 0 Å². The summed E-state index contributed by atoms with van der Waals surface area (Å²) in [6.07, 6.45) is 3.18. The third-order valence-electron chi connectivity index (χ3n) is 3.91. The molecule has 1 aliphatic heterocycles. The summed E-state index contributed by atoms with van der Waals surface area (Å²) in [6.45, 7) is 3.43. The summed E-state index contributed by atoms with van der Waals surface area (Å²) >= 11 is 7.53. The van der Waals surface area contributed by atoms with Crippen LogP contribution in [0, 0.1) is 6.92 Å². The Morgan fingerprint density at radius 1 is 1.43 bits per heavy atom. The quantitative estimate of drug-likeness (QED) is 0.887. The van der Waals surface area contributed by atoms with Crippen LogP contribution in [0.5, 0.6) is 0 Å². The smallest absolute Gasteiger partial charge is 0.285 e. The van der Waals surface area contributed by atoms with E-state index in [1.54, 1.807) is 6.20 Å². The largest absolute Gasteiger partial charge is 0.369 e.